The van der Waals surface area contributed by atoms with Crippen molar-refractivity contribution in [3.05, 3.63) is 76.4 Å². The number of halogens is 1. The molecular formula is C28H30ClN3O4. The van der Waals surface area contributed by atoms with E-state index in [1.807, 2.05) is 16.8 Å². The van der Waals surface area contributed by atoms with Crippen molar-refractivity contribution < 1.29 is 19.5 Å². The molecule has 1 aliphatic heterocycles. The second kappa shape index (κ2) is 11.5. The van der Waals surface area contributed by atoms with Crippen LogP contribution in [-0.2, 0) is 11.2 Å². The number of aromatic nitrogens is 2. The maximum Gasteiger partial charge on any atom is 0.335 e. The molecule has 1 aromatic heterocycles. The van der Waals surface area contributed by atoms with E-state index in [0.29, 0.717) is 34.9 Å². The molecule has 0 aliphatic carbocycles. The zero-order chi connectivity index (χ0) is 25.7. The number of carbonyl (C=O) groups is 3. The Morgan fingerprint density at radius 1 is 1.11 bits per heavy atom. The zero-order valence-electron chi connectivity index (χ0n) is 20.3. The van der Waals surface area contributed by atoms with Gasteiger partial charge in [-0.3, -0.25) is 14.3 Å². The summed E-state index contributed by atoms with van der Waals surface area (Å²) in [5.74, 6) is -1.32. The smallest absolute Gasteiger partial charge is 0.335 e. The van der Waals surface area contributed by atoms with Crippen LogP contribution in [0.3, 0.4) is 0 Å². The first-order valence-corrected chi connectivity index (χ1v) is 12.7. The van der Waals surface area contributed by atoms with Gasteiger partial charge in [0, 0.05) is 23.6 Å². The number of hydrogen-bond donors (Lipinski definition) is 1. The number of hydrogen-bond acceptors (Lipinski definition) is 4. The van der Waals surface area contributed by atoms with Gasteiger partial charge < -0.3 is 10.0 Å². The summed E-state index contributed by atoms with van der Waals surface area (Å²) in [5, 5.41) is 14.8. The van der Waals surface area contributed by atoms with Crippen LogP contribution in [0, 0.1) is 0 Å². The first-order valence-electron chi connectivity index (χ1n) is 12.3. The van der Waals surface area contributed by atoms with E-state index in [4.69, 9.17) is 16.7 Å². The first kappa shape index (κ1) is 25.6. The molecule has 3 aromatic rings. The van der Waals surface area contributed by atoms with E-state index in [9.17, 15) is 19.5 Å². The van der Waals surface area contributed by atoms with Gasteiger partial charge in [0.05, 0.1) is 23.8 Å². The molecule has 188 valence electrons. The van der Waals surface area contributed by atoms with Crippen molar-refractivity contribution in [3.8, 4) is 11.3 Å². The van der Waals surface area contributed by atoms with Crippen LogP contribution in [0.4, 0.5) is 0 Å². The van der Waals surface area contributed by atoms with Crippen LogP contribution in [0.2, 0.25) is 5.02 Å². The molecule has 0 radical (unpaired) electrons. The predicted octanol–water partition coefficient (Wildman–Crippen LogP) is 5.68. The highest BCUT2D eigenvalue weighted by atomic mass is 35.5. The van der Waals surface area contributed by atoms with Gasteiger partial charge in [-0.15, -0.1) is 0 Å². The average molecular weight is 508 g/mol. The summed E-state index contributed by atoms with van der Waals surface area (Å²) >= 11 is 6.03. The fourth-order valence-corrected chi connectivity index (χ4v) is 4.79. The normalized spacial score (nSPS) is 15.1. The molecule has 0 fully saturated rings. The molecule has 8 heteroatoms. The molecular weight excluding hydrogens is 478 g/mol. The van der Waals surface area contributed by atoms with Crippen molar-refractivity contribution in [2.45, 2.75) is 51.5 Å². The lowest BCUT2D eigenvalue weighted by atomic mass is 10.0. The maximum absolute atomic E-state index is 13.4. The predicted molar refractivity (Wildman–Crippen MR) is 138 cm³/mol. The number of rotatable bonds is 11. The summed E-state index contributed by atoms with van der Waals surface area (Å²) in [6.07, 6.45) is 4.55. The van der Waals surface area contributed by atoms with Crippen LogP contribution >= 0.6 is 11.6 Å². The third-order valence-electron chi connectivity index (χ3n) is 6.59. The molecule has 36 heavy (non-hydrogen) atoms. The number of aryl methyl sites for hydroxylation is 1. The quantitative estimate of drug-likeness (QED) is 0.337. The third-order valence-corrected chi connectivity index (χ3v) is 6.84. The summed E-state index contributed by atoms with van der Waals surface area (Å²) < 4.78 is 1.83. The SMILES string of the molecule is CCCCCC1CN(CC(=O)CCc2ccccc2C(=O)O)C(=O)c2cc(-c3ccc(Cl)cc3)nn21. The molecule has 0 spiro atoms. The van der Waals surface area contributed by atoms with Gasteiger partial charge >= 0.3 is 5.97 Å². The van der Waals surface area contributed by atoms with E-state index < -0.39 is 5.97 Å². The van der Waals surface area contributed by atoms with E-state index in [-0.39, 0.29) is 36.3 Å². The van der Waals surface area contributed by atoms with Crippen LogP contribution in [-0.4, -0.2) is 50.5 Å². The van der Waals surface area contributed by atoms with Crippen LogP contribution in [0.25, 0.3) is 11.3 Å². The van der Waals surface area contributed by atoms with Crippen molar-refractivity contribution in [1.29, 1.82) is 0 Å². The highest BCUT2D eigenvalue weighted by molar-refractivity contribution is 6.30. The van der Waals surface area contributed by atoms with Gasteiger partial charge in [-0.05, 0) is 42.7 Å². The van der Waals surface area contributed by atoms with Gasteiger partial charge in [0.1, 0.15) is 5.69 Å². The largest absolute Gasteiger partial charge is 0.478 e. The number of nitrogens with zero attached hydrogens (tertiary/aromatic N) is 3. The van der Waals surface area contributed by atoms with E-state index in [0.717, 1.165) is 31.2 Å². The fraction of sp³-hybridized carbons (Fsp3) is 0.357. The summed E-state index contributed by atoms with van der Waals surface area (Å²) in [7, 11) is 0. The first-order chi connectivity index (χ1) is 17.4. The minimum absolute atomic E-state index is 0.000191. The number of benzene rings is 2. The second-order valence-corrected chi connectivity index (χ2v) is 9.64. The molecule has 2 aromatic carbocycles. The van der Waals surface area contributed by atoms with E-state index in [1.54, 1.807) is 41.3 Å². The van der Waals surface area contributed by atoms with Gasteiger partial charge in [0.25, 0.3) is 5.91 Å². The Kier molecular flexibility index (Phi) is 8.21. The number of carboxylic acids is 1. The Balaban J connectivity index is 1.51. The number of carboxylic acid groups (broad SMARTS) is 1. The summed E-state index contributed by atoms with van der Waals surface area (Å²) in [5.41, 5.74) is 2.88. The summed E-state index contributed by atoms with van der Waals surface area (Å²) in [6.45, 7) is 2.57. The average Bonchev–Trinajstić information content (AvgIpc) is 3.32. The van der Waals surface area contributed by atoms with Gasteiger partial charge in [-0.25, -0.2) is 4.79 Å². The molecule has 4 rings (SSSR count). The molecule has 1 amide bonds. The molecule has 7 nitrogen and oxygen atoms in total. The van der Waals surface area contributed by atoms with Crippen molar-refractivity contribution in [2.75, 3.05) is 13.1 Å². The monoisotopic (exact) mass is 507 g/mol. The molecule has 1 unspecified atom stereocenters. The number of aromatic carboxylic acids is 1. The fourth-order valence-electron chi connectivity index (χ4n) is 4.66. The lowest BCUT2D eigenvalue weighted by molar-refractivity contribution is -0.120. The Labute approximate surface area is 215 Å². The number of ketones is 1. The molecule has 0 saturated heterocycles. The molecule has 1 N–H and O–H groups in total. The van der Waals surface area contributed by atoms with Crippen LogP contribution < -0.4 is 0 Å². The van der Waals surface area contributed by atoms with Gasteiger partial charge in [0.15, 0.2) is 5.78 Å². The lowest BCUT2D eigenvalue weighted by Crippen LogP contribution is -2.45. The maximum atomic E-state index is 13.4. The Hall–Kier alpha value is -3.45. The van der Waals surface area contributed by atoms with Gasteiger partial charge in [-0.1, -0.05) is 68.1 Å². The molecule has 1 atom stereocenters. The zero-order valence-corrected chi connectivity index (χ0v) is 21.1. The van der Waals surface area contributed by atoms with E-state index >= 15 is 0 Å². The minimum Gasteiger partial charge on any atom is -0.478 e. The number of unbranched alkanes of at least 4 members (excludes halogenated alkanes) is 2. The standard InChI is InChI=1S/C28H30ClN3O4/c1-2-3-4-8-22-17-31(18-23(33)15-12-19-7-5-6-9-24(19)28(35)36)27(34)26-16-25(30-32(22)26)20-10-13-21(29)14-11-20/h5-7,9-11,13-14,16,22H,2-4,8,12,15,17-18H2,1H3,(H,35,36). The Bertz CT molecular complexity index is 1250. The van der Waals surface area contributed by atoms with Gasteiger partial charge in [0.2, 0.25) is 0 Å². The number of Topliss-reactive ketones (excluding diaryl/α,β-unsaturated/α-hetero) is 1. The van der Waals surface area contributed by atoms with Crippen LogP contribution in [0.5, 0.6) is 0 Å². The topological polar surface area (TPSA) is 92.5 Å². The molecule has 0 saturated carbocycles. The third kappa shape index (κ3) is 5.85. The molecule has 0 bridgehead atoms. The Morgan fingerprint density at radius 3 is 2.58 bits per heavy atom. The van der Waals surface area contributed by atoms with Crippen molar-refractivity contribution in [1.82, 2.24) is 14.7 Å². The number of fused-ring (bicyclic) bond motifs is 1. The highest BCUT2D eigenvalue weighted by Gasteiger charge is 2.33. The van der Waals surface area contributed by atoms with Crippen LogP contribution in [0.15, 0.2) is 54.6 Å². The molecule has 2 heterocycles. The highest BCUT2D eigenvalue weighted by Crippen LogP contribution is 2.30. The summed E-state index contributed by atoms with van der Waals surface area (Å²) in [4.78, 5) is 39.3. The van der Waals surface area contributed by atoms with Crippen molar-refractivity contribution in [2.24, 2.45) is 0 Å². The molecule has 1 aliphatic rings. The summed E-state index contributed by atoms with van der Waals surface area (Å²) in [6, 6.07) is 15.8. The van der Waals surface area contributed by atoms with Gasteiger partial charge in [-0.2, -0.15) is 5.10 Å². The minimum atomic E-state index is -1.01. The van der Waals surface area contributed by atoms with Crippen LogP contribution in [0.1, 0.15) is 71.5 Å². The van der Waals surface area contributed by atoms with Crippen molar-refractivity contribution in [3.63, 3.8) is 0 Å². The second-order valence-electron chi connectivity index (χ2n) is 9.20. The number of carbonyl (C=O) groups excluding carboxylic acids is 2. The van der Waals surface area contributed by atoms with Crippen molar-refractivity contribution >= 4 is 29.3 Å². The number of amides is 1. The Morgan fingerprint density at radius 2 is 1.86 bits per heavy atom. The van der Waals surface area contributed by atoms with E-state index in [1.165, 1.54) is 6.07 Å². The van der Waals surface area contributed by atoms with E-state index in [2.05, 4.69) is 6.92 Å². The lowest BCUT2D eigenvalue weighted by Gasteiger charge is -2.33.